The Morgan fingerprint density at radius 1 is 1.10 bits per heavy atom. The molecule has 0 saturated carbocycles. The van der Waals surface area contributed by atoms with Gasteiger partial charge in [-0.3, -0.25) is 9.52 Å². The molecule has 3 aromatic rings. The van der Waals surface area contributed by atoms with Crippen LogP contribution < -0.4 is 10.0 Å². The highest BCUT2D eigenvalue weighted by molar-refractivity contribution is 7.92. The number of carbonyl (C=O) groups is 1. The molecule has 0 unspecified atom stereocenters. The number of hydrogen-bond acceptors (Lipinski definition) is 4. The Hall–Kier alpha value is -3.13. The van der Waals surface area contributed by atoms with Crippen LogP contribution in [-0.2, 0) is 29.4 Å². The molecule has 0 aliphatic heterocycles. The standard InChI is InChI=1S/C23H26N4O3S/c1-2-14-31(29,30)26-18-9-6-8-17(15-18)23(28)24-16-21-20-12-7-13-22(20)27(25-21)19-10-4-3-5-11-19/h3-6,8-11,15,26H,2,7,12-14,16H2,1H3,(H,24,28). The quantitative estimate of drug-likeness (QED) is 0.563. The third kappa shape index (κ3) is 4.80. The van der Waals surface area contributed by atoms with Crippen LogP contribution in [0.1, 0.15) is 47.1 Å². The average molecular weight is 439 g/mol. The highest BCUT2D eigenvalue weighted by Gasteiger charge is 2.23. The van der Waals surface area contributed by atoms with Gasteiger partial charge in [0.25, 0.3) is 5.91 Å². The molecule has 8 heteroatoms. The molecule has 0 saturated heterocycles. The highest BCUT2D eigenvalue weighted by Crippen LogP contribution is 2.27. The van der Waals surface area contributed by atoms with Crippen LogP contribution in [0.3, 0.4) is 0 Å². The Balaban J connectivity index is 1.48. The number of anilines is 1. The van der Waals surface area contributed by atoms with Crippen LogP contribution in [0.15, 0.2) is 54.6 Å². The van der Waals surface area contributed by atoms with Crippen molar-refractivity contribution in [1.29, 1.82) is 0 Å². The van der Waals surface area contributed by atoms with E-state index in [2.05, 4.69) is 10.0 Å². The maximum atomic E-state index is 12.7. The van der Waals surface area contributed by atoms with Crippen molar-refractivity contribution in [2.24, 2.45) is 0 Å². The summed E-state index contributed by atoms with van der Waals surface area (Å²) >= 11 is 0. The Morgan fingerprint density at radius 2 is 1.90 bits per heavy atom. The number of nitrogens with zero attached hydrogens (tertiary/aromatic N) is 2. The highest BCUT2D eigenvalue weighted by atomic mass is 32.2. The van der Waals surface area contributed by atoms with Gasteiger partial charge in [-0.25, -0.2) is 13.1 Å². The minimum absolute atomic E-state index is 0.0403. The van der Waals surface area contributed by atoms with Gasteiger partial charge in [0, 0.05) is 16.9 Å². The van der Waals surface area contributed by atoms with Crippen molar-refractivity contribution in [1.82, 2.24) is 15.1 Å². The van der Waals surface area contributed by atoms with E-state index in [1.54, 1.807) is 31.2 Å². The lowest BCUT2D eigenvalue weighted by Gasteiger charge is -2.09. The number of rotatable bonds is 8. The number of carbonyl (C=O) groups excluding carboxylic acids is 1. The Kier molecular flexibility index (Phi) is 6.08. The molecule has 2 N–H and O–H groups in total. The van der Waals surface area contributed by atoms with Crippen molar-refractivity contribution >= 4 is 21.6 Å². The second-order valence-corrected chi connectivity index (χ2v) is 9.50. The molecule has 1 amide bonds. The normalized spacial score (nSPS) is 13.1. The molecule has 4 rings (SSSR count). The molecular weight excluding hydrogens is 412 g/mol. The topological polar surface area (TPSA) is 93.1 Å². The summed E-state index contributed by atoms with van der Waals surface area (Å²) in [7, 11) is -3.41. The van der Waals surface area contributed by atoms with Crippen LogP contribution in [0.5, 0.6) is 0 Å². The molecule has 0 spiro atoms. The van der Waals surface area contributed by atoms with Crippen LogP contribution in [0.4, 0.5) is 5.69 Å². The number of benzene rings is 2. The van der Waals surface area contributed by atoms with Crippen LogP contribution in [-0.4, -0.2) is 29.9 Å². The fourth-order valence-corrected chi connectivity index (χ4v) is 5.05. The number of nitrogens with one attached hydrogen (secondary N) is 2. The summed E-state index contributed by atoms with van der Waals surface area (Å²) in [5.74, 6) is -0.226. The first kappa shape index (κ1) is 21.1. The predicted octanol–water partition coefficient (Wildman–Crippen LogP) is 3.44. The van der Waals surface area contributed by atoms with Crippen molar-refractivity contribution in [3.8, 4) is 5.69 Å². The number of aromatic nitrogens is 2. The predicted molar refractivity (Wildman–Crippen MR) is 121 cm³/mol. The van der Waals surface area contributed by atoms with E-state index in [-0.39, 0.29) is 11.7 Å². The van der Waals surface area contributed by atoms with E-state index >= 15 is 0 Å². The Bertz CT molecular complexity index is 1190. The van der Waals surface area contributed by atoms with Gasteiger partial charge in [-0.1, -0.05) is 31.2 Å². The molecule has 0 atom stereocenters. The van der Waals surface area contributed by atoms with Gasteiger partial charge in [0.05, 0.1) is 23.7 Å². The second-order valence-electron chi connectivity index (χ2n) is 7.66. The van der Waals surface area contributed by atoms with Gasteiger partial charge in [-0.2, -0.15) is 5.10 Å². The fourth-order valence-electron chi connectivity index (χ4n) is 3.93. The third-order valence-corrected chi connectivity index (χ3v) is 6.79. The first-order chi connectivity index (χ1) is 15.0. The lowest BCUT2D eigenvalue weighted by molar-refractivity contribution is 0.0950. The van der Waals surface area contributed by atoms with E-state index in [0.29, 0.717) is 24.2 Å². The molecule has 162 valence electrons. The van der Waals surface area contributed by atoms with Gasteiger partial charge >= 0.3 is 0 Å². The molecule has 1 heterocycles. The van der Waals surface area contributed by atoms with E-state index in [1.807, 2.05) is 35.0 Å². The van der Waals surface area contributed by atoms with Crippen molar-refractivity contribution in [3.63, 3.8) is 0 Å². The number of amides is 1. The summed E-state index contributed by atoms with van der Waals surface area (Å²) in [6.45, 7) is 2.13. The zero-order chi connectivity index (χ0) is 21.8. The summed E-state index contributed by atoms with van der Waals surface area (Å²) in [6, 6.07) is 16.5. The van der Waals surface area contributed by atoms with E-state index in [0.717, 1.165) is 30.6 Å². The number of sulfonamides is 1. The van der Waals surface area contributed by atoms with E-state index in [9.17, 15) is 13.2 Å². The van der Waals surface area contributed by atoms with Crippen molar-refractivity contribution in [2.75, 3.05) is 10.5 Å². The summed E-state index contributed by atoms with van der Waals surface area (Å²) in [5.41, 5.74) is 5.11. The Labute approximate surface area is 182 Å². The van der Waals surface area contributed by atoms with E-state index in [4.69, 9.17) is 5.10 Å². The van der Waals surface area contributed by atoms with Crippen LogP contribution >= 0.6 is 0 Å². The first-order valence-electron chi connectivity index (χ1n) is 10.5. The van der Waals surface area contributed by atoms with Crippen LogP contribution in [0, 0.1) is 0 Å². The van der Waals surface area contributed by atoms with Gasteiger partial charge in [0.2, 0.25) is 10.0 Å². The van der Waals surface area contributed by atoms with Gasteiger partial charge in [0.1, 0.15) is 0 Å². The van der Waals surface area contributed by atoms with Gasteiger partial charge in [0.15, 0.2) is 0 Å². The number of hydrogen-bond donors (Lipinski definition) is 2. The minimum atomic E-state index is -3.41. The zero-order valence-electron chi connectivity index (χ0n) is 17.5. The molecule has 0 radical (unpaired) electrons. The molecule has 1 aliphatic rings. The monoisotopic (exact) mass is 438 g/mol. The number of para-hydroxylation sites is 1. The molecule has 1 aromatic heterocycles. The summed E-state index contributed by atoms with van der Waals surface area (Å²) in [4.78, 5) is 12.7. The van der Waals surface area contributed by atoms with Crippen molar-refractivity contribution in [2.45, 2.75) is 39.2 Å². The summed E-state index contributed by atoms with van der Waals surface area (Å²) in [5, 5.41) is 7.70. The maximum Gasteiger partial charge on any atom is 0.251 e. The second kappa shape index (κ2) is 8.93. The zero-order valence-corrected chi connectivity index (χ0v) is 18.3. The number of fused-ring (bicyclic) bond motifs is 1. The van der Waals surface area contributed by atoms with E-state index < -0.39 is 10.0 Å². The lowest BCUT2D eigenvalue weighted by atomic mass is 10.1. The molecule has 2 aromatic carbocycles. The van der Waals surface area contributed by atoms with E-state index in [1.165, 1.54) is 11.3 Å². The van der Waals surface area contributed by atoms with Crippen LogP contribution in [0.2, 0.25) is 0 Å². The molecular formula is C23H26N4O3S. The largest absolute Gasteiger partial charge is 0.346 e. The van der Waals surface area contributed by atoms with Crippen molar-refractivity contribution in [3.05, 3.63) is 77.1 Å². The molecule has 1 aliphatic carbocycles. The first-order valence-corrected chi connectivity index (χ1v) is 12.2. The summed E-state index contributed by atoms with van der Waals surface area (Å²) in [6.07, 6.45) is 3.55. The van der Waals surface area contributed by atoms with Crippen LogP contribution in [0.25, 0.3) is 5.69 Å². The molecule has 7 nitrogen and oxygen atoms in total. The molecule has 0 bridgehead atoms. The maximum absolute atomic E-state index is 12.7. The smallest absolute Gasteiger partial charge is 0.251 e. The van der Waals surface area contributed by atoms with Gasteiger partial charge < -0.3 is 5.32 Å². The Morgan fingerprint density at radius 3 is 2.68 bits per heavy atom. The minimum Gasteiger partial charge on any atom is -0.346 e. The summed E-state index contributed by atoms with van der Waals surface area (Å²) < 4.78 is 28.5. The van der Waals surface area contributed by atoms with Crippen molar-refractivity contribution < 1.29 is 13.2 Å². The third-order valence-electron chi connectivity index (χ3n) is 5.30. The van der Waals surface area contributed by atoms with Gasteiger partial charge in [-0.05, 0) is 61.6 Å². The fraction of sp³-hybridized carbons (Fsp3) is 0.304. The lowest BCUT2D eigenvalue weighted by Crippen LogP contribution is -2.24. The molecule has 31 heavy (non-hydrogen) atoms. The van der Waals surface area contributed by atoms with Gasteiger partial charge in [-0.15, -0.1) is 0 Å². The molecule has 0 fully saturated rings. The SMILES string of the molecule is CCCS(=O)(=O)Nc1cccc(C(=O)NCc2nn(-c3ccccc3)c3c2CCC3)c1. The average Bonchev–Trinajstić information content (AvgIpc) is 3.35.